The molecule has 1 aliphatic heterocycles. The largest absolute Gasteiger partial charge is 0.395 e. The summed E-state index contributed by atoms with van der Waals surface area (Å²) in [4.78, 5) is 16.3. The SMILES string of the molecule is CN1CCOC(C(=O)N(CCO)CCc2ccccc2)C1. The summed E-state index contributed by atoms with van der Waals surface area (Å²) < 4.78 is 5.57. The quantitative estimate of drug-likeness (QED) is 0.823. The first-order valence-electron chi connectivity index (χ1n) is 7.44. The number of nitrogens with zero attached hydrogens (tertiary/aromatic N) is 2. The molecule has 1 aliphatic rings. The van der Waals surface area contributed by atoms with Crippen LogP contribution in [0.25, 0.3) is 0 Å². The van der Waals surface area contributed by atoms with Gasteiger partial charge in [-0.3, -0.25) is 4.79 Å². The summed E-state index contributed by atoms with van der Waals surface area (Å²) in [7, 11) is 1.99. The minimum atomic E-state index is -0.411. The third kappa shape index (κ3) is 4.81. The molecule has 0 radical (unpaired) electrons. The molecular weight excluding hydrogens is 268 g/mol. The topological polar surface area (TPSA) is 53.0 Å². The second kappa shape index (κ2) is 8.12. The van der Waals surface area contributed by atoms with Crippen LogP contribution in [0.2, 0.25) is 0 Å². The molecule has 0 spiro atoms. The lowest BCUT2D eigenvalue weighted by atomic mass is 10.1. The Morgan fingerprint density at radius 2 is 2.14 bits per heavy atom. The van der Waals surface area contributed by atoms with E-state index in [1.807, 2.05) is 37.4 Å². The van der Waals surface area contributed by atoms with Gasteiger partial charge in [0.2, 0.25) is 0 Å². The number of benzene rings is 1. The fourth-order valence-corrected chi connectivity index (χ4v) is 2.49. The monoisotopic (exact) mass is 292 g/mol. The Morgan fingerprint density at radius 3 is 2.81 bits per heavy atom. The summed E-state index contributed by atoms with van der Waals surface area (Å²) in [5.41, 5.74) is 1.19. The molecule has 116 valence electrons. The zero-order chi connectivity index (χ0) is 15.1. The van der Waals surface area contributed by atoms with Gasteiger partial charge in [-0.2, -0.15) is 0 Å². The zero-order valence-electron chi connectivity index (χ0n) is 12.6. The van der Waals surface area contributed by atoms with Crippen molar-refractivity contribution in [2.24, 2.45) is 0 Å². The highest BCUT2D eigenvalue weighted by Crippen LogP contribution is 2.09. The molecule has 1 fully saturated rings. The zero-order valence-corrected chi connectivity index (χ0v) is 12.6. The highest BCUT2D eigenvalue weighted by Gasteiger charge is 2.28. The summed E-state index contributed by atoms with van der Waals surface area (Å²) in [6.45, 7) is 2.99. The third-order valence-electron chi connectivity index (χ3n) is 3.74. The van der Waals surface area contributed by atoms with Crippen LogP contribution in [0.5, 0.6) is 0 Å². The van der Waals surface area contributed by atoms with Crippen molar-refractivity contribution in [3.8, 4) is 0 Å². The van der Waals surface area contributed by atoms with Gasteiger partial charge in [0.05, 0.1) is 13.2 Å². The fraction of sp³-hybridized carbons (Fsp3) is 0.562. The van der Waals surface area contributed by atoms with E-state index in [0.29, 0.717) is 26.2 Å². The van der Waals surface area contributed by atoms with Crippen molar-refractivity contribution in [3.63, 3.8) is 0 Å². The van der Waals surface area contributed by atoms with E-state index >= 15 is 0 Å². The van der Waals surface area contributed by atoms with Crippen LogP contribution in [0.1, 0.15) is 5.56 Å². The van der Waals surface area contributed by atoms with Gasteiger partial charge in [-0.1, -0.05) is 30.3 Å². The van der Waals surface area contributed by atoms with Crippen molar-refractivity contribution in [2.75, 3.05) is 46.4 Å². The summed E-state index contributed by atoms with van der Waals surface area (Å²) in [5, 5.41) is 9.19. The maximum absolute atomic E-state index is 12.5. The predicted octanol–water partition coefficient (Wildman–Crippen LogP) is 0.381. The number of hydrogen-bond acceptors (Lipinski definition) is 4. The van der Waals surface area contributed by atoms with Crippen LogP contribution in [0.4, 0.5) is 0 Å². The molecule has 21 heavy (non-hydrogen) atoms. The number of likely N-dealkylation sites (N-methyl/N-ethyl adjacent to an activating group) is 1. The van der Waals surface area contributed by atoms with Gasteiger partial charge < -0.3 is 19.6 Å². The van der Waals surface area contributed by atoms with Crippen molar-refractivity contribution >= 4 is 5.91 Å². The smallest absolute Gasteiger partial charge is 0.253 e. The highest BCUT2D eigenvalue weighted by molar-refractivity contribution is 5.81. The van der Waals surface area contributed by atoms with Gasteiger partial charge in [0.25, 0.3) is 5.91 Å². The second-order valence-electron chi connectivity index (χ2n) is 5.41. The number of carbonyl (C=O) groups is 1. The maximum atomic E-state index is 12.5. The van der Waals surface area contributed by atoms with E-state index < -0.39 is 6.10 Å². The molecular formula is C16H24N2O3. The van der Waals surface area contributed by atoms with Crippen LogP contribution >= 0.6 is 0 Å². The number of aliphatic hydroxyl groups excluding tert-OH is 1. The van der Waals surface area contributed by atoms with Crippen LogP contribution in [-0.4, -0.2) is 73.4 Å². The molecule has 0 aliphatic carbocycles. The van der Waals surface area contributed by atoms with Gasteiger partial charge in [-0.05, 0) is 19.0 Å². The predicted molar refractivity (Wildman–Crippen MR) is 81.0 cm³/mol. The Kier molecular flexibility index (Phi) is 6.17. The number of aliphatic hydroxyl groups is 1. The number of rotatable bonds is 6. The van der Waals surface area contributed by atoms with Gasteiger partial charge in [0, 0.05) is 26.2 Å². The lowest BCUT2D eigenvalue weighted by molar-refractivity contribution is -0.149. The second-order valence-corrected chi connectivity index (χ2v) is 5.41. The Morgan fingerprint density at radius 1 is 1.38 bits per heavy atom. The standard InChI is InChI=1S/C16H24N2O3/c1-17-10-12-21-15(13-17)16(20)18(9-11-19)8-7-14-5-3-2-4-6-14/h2-6,15,19H,7-13H2,1H3. The number of hydrogen-bond donors (Lipinski definition) is 1. The van der Waals surface area contributed by atoms with E-state index in [-0.39, 0.29) is 12.5 Å². The fourth-order valence-electron chi connectivity index (χ4n) is 2.49. The molecule has 1 aromatic carbocycles. The summed E-state index contributed by atoms with van der Waals surface area (Å²) in [6, 6.07) is 10.1. The Balaban J connectivity index is 1.92. The molecule has 1 amide bonds. The third-order valence-corrected chi connectivity index (χ3v) is 3.74. The van der Waals surface area contributed by atoms with Gasteiger partial charge in [0.1, 0.15) is 6.10 Å². The molecule has 0 aromatic heterocycles. The van der Waals surface area contributed by atoms with E-state index in [0.717, 1.165) is 13.0 Å². The van der Waals surface area contributed by atoms with Crippen LogP contribution in [-0.2, 0) is 16.0 Å². The highest BCUT2D eigenvalue weighted by atomic mass is 16.5. The van der Waals surface area contributed by atoms with Gasteiger partial charge in [0.15, 0.2) is 0 Å². The molecule has 1 saturated heterocycles. The molecule has 5 nitrogen and oxygen atoms in total. The van der Waals surface area contributed by atoms with E-state index in [2.05, 4.69) is 4.90 Å². The molecule has 1 N–H and O–H groups in total. The minimum absolute atomic E-state index is 0.0217. The van der Waals surface area contributed by atoms with E-state index in [9.17, 15) is 9.90 Å². The average Bonchev–Trinajstić information content (AvgIpc) is 2.52. The van der Waals surface area contributed by atoms with Gasteiger partial charge in [-0.25, -0.2) is 0 Å². The molecule has 1 unspecified atom stereocenters. The normalized spacial score (nSPS) is 19.4. The number of amides is 1. The molecule has 2 rings (SSSR count). The van der Waals surface area contributed by atoms with Crippen LogP contribution in [0, 0.1) is 0 Å². The Hall–Kier alpha value is -1.43. The first-order chi connectivity index (χ1) is 10.2. The molecule has 1 atom stereocenters. The van der Waals surface area contributed by atoms with Crippen molar-refractivity contribution in [3.05, 3.63) is 35.9 Å². The number of ether oxygens (including phenoxy) is 1. The van der Waals surface area contributed by atoms with Crippen molar-refractivity contribution in [2.45, 2.75) is 12.5 Å². The lowest BCUT2D eigenvalue weighted by Gasteiger charge is -2.33. The molecule has 5 heteroatoms. The minimum Gasteiger partial charge on any atom is -0.395 e. The molecule has 1 heterocycles. The van der Waals surface area contributed by atoms with Crippen LogP contribution in [0.3, 0.4) is 0 Å². The van der Waals surface area contributed by atoms with E-state index in [1.54, 1.807) is 4.90 Å². The van der Waals surface area contributed by atoms with Gasteiger partial charge in [-0.15, -0.1) is 0 Å². The Bertz CT molecular complexity index is 438. The Labute approximate surface area is 126 Å². The van der Waals surface area contributed by atoms with Crippen LogP contribution in [0.15, 0.2) is 30.3 Å². The van der Waals surface area contributed by atoms with Crippen molar-refractivity contribution in [1.29, 1.82) is 0 Å². The lowest BCUT2D eigenvalue weighted by Crippen LogP contribution is -2.50. The van der Waals surface area contributed by atoms with Gasteiger partial charge >= 0.3 is 0 Å². The van der Waals surface area contributed by atoms with E-state index in [1.165, 1.54) is 5.56 Å². The van der Waals surface area contributed by atoms with E-state index in [4.69, 9.17) is 4.74 Å². The first kappa shape index (κ1) is 15.9. The van der Waals surface area contributed by atoms with Crippen molar-refractivity contribution < 1.29 is 14.6 Å². The first-order valence-corrected chi connectivity index (χ1v) is 7.44. The summed E-state index contributed by atoms with van der Waals surface area (Å²) in [6.07, 6.45) is 0.376. The molecule has 1 aromatic rings. The average molecular weight is 292 g/mol. The maximum Gasteiger partial charge on any atom is 0.253 e. The van der Waals surface area contributed by atoms with Crippen LogP contribution < -0.4 is 0 Å². The summed E-state index contributed by atoms with van der Waals surface area (Å²) >= 11 is 0. The number of morpholine rings is 1. The van der Waals surface area contributed by atoms with Crippen molar-refractivity contribution in [1.82, 2.24) is 9.80 Å². The molecule has 0 saturated carbocycles. The summed E-state index contributed by atoms with van der Waals surface area (Å²) in [5.74, 6) is -0.0217. The number of carbonyl (C=O) groups excluding carboxylic acids is 1. The molecule has 0 bridgehead atoms.